The van der Waals surface area contributed by atoms with Crippen LogP contribution in [-0.4, -0.2) is 80.4 Å². The third-order valence-electron chi connectivity index (χ3n) is 10.6. The number of aromatic nitrogens is 1. The van der Waals surface area contributed by atoms with Gasteiger partial charge in [-0.15, -0.1) is 0 Å². The Bertz CT molecular complexity index is 2340. The topological polar surface area (TPSA) is 124 Å². The zero-order valence-electron chi connectivity index (χ0n) is 33.4. The number of aliphatic imine (C=N–C) groups is 2. The summed E-state index contributed by atoms with van der Waals surface area (Å²) < 4.78 is 29.5. The number of ether oxygens (including phenoxy) is 5. The van der Waals surface area contributed by atoms with E-state index in [1.807, 2.05) is 55.8 Å². The summed E-state index contributed by atoms with van der Waals surface area (Å²) in [5.74, 6) is 2.37. The van der Waals surface area contributed by atoms with Crippen molar-refractivity contribution in [3.8, 4) is 28.7 Å². The first kappa shape index (κ1) is 39.7. The summed E-state index contributed by atoms with van der Waals surface area (Å²) in [4.78, 5) is 42.5. The van der Waals surface area contributed by atoms with Gasteiger partial charge in [-0.3, -0.25) is 24.5 Å². The molecule has 0 saturated carbocycles. The minimum atomic E-state index is -0.174. The van der Waals surface area contributed by atoms with Crippen LogP contribution in [0.2, 0.25) is 0 Å². The van der Waals surface area contributed by atoms with Crippen molar-refractivity contribution in [1.82, 2.24) is 14.8 Å². The molecule has 1 aromatic heterocycles. The number of likely N-dealkylation sites (N-methyl/N-ethyl adjacent to an activating group) is 1. The van der Waals surface area contributed by atoms with Gasteiger partial charge < -0.3 is 28.6 Å². The summed E-state index contributed by atoms with van der Waals surface area (Å²) in [5.41, 5.74) is 8.58. The van der Waals surface area contributed by atoms with Gasteiger partial charge in [0.25, 0.3) is 0 Å². The first-order valence-corrected chi connectivity index (χ1v) is 19.1. The van der Waals surface area contributed by atoms with E-state index in [1.54, 1.807) is 31.3 Å². The Kier molecular flexibility index (Phi) is 12.4. The number of aryl methyl sites for hydroxylation is 1. The summed E-state index contributed by atoms with van der Waals surface area (Å²) in [6, 6.07) is 27.2. The number of hydrogen-bond acceptors (Lipinski definition) is 11. The van der Waals surface area contributed by atoms with Crippen molar-refractivity contribution >= 4 is 36.5 Å². The van der Waals surface area contributed by atoms with E-state index in [0.29, 0.717) is 70.0 Å². The van der Waals surface area contributed by atoms with Crippen molar-refractivity contribution in [2.75, 3.05) is 28.4 Å². The molecule has 1 amide bonds. The van der Waals surface area contributed by atoms with Gasteiger partial charge in [-0.1, -0.05) is 48.5 Å². The highest BCUT2D eigenvalue weighted by Gasteiger charge is 2.24. The standard InChI is InChI=1S/C46H47N5O7/c1-30-16-43(55-4)45(20-39(30)47-23-38-18-32-11-7-9-13-34(32)25-51(38)29-53)57-27-36-14-15-42(54-3)41(49-36)28-58-46-21-40(35(26-52)19-44(46)56-5)48-22-37-17-31-10-6-8-12-33(31)24-50(37)2/h6-16,19-23,26,29,37-38H,17-18,24-25,27-28H2,1-5H3/b47-23-,48-22-. The van der Waals surface area contributed by atoms with E-state index in [2.05, 4.69) is 48.3 Å². The number of pyridine rings is 1. The largest absolute Gasteiger partial charge is 0.495 e. The van der Waals surface area contributed by atoms with Gasteiger partial charge in [-0.05, 0) is 78.9 Å². The second kappa shape index (κ2) is 18.2. The van der Waals surface area contributed by atoms with Gasteiger partial charge in [0.15, 0.2) is 29.3 Å². The lowest BCUT2D eigenvalue weighted by Gasteiger charge is -2.31. The van der Waals surface area contributed by atoms with E-state index in [4.69, 9.17) is 38.7 Å². The van der Waals surface area contributed by atoms with Crippen LogP contribution in [0.4, 0.5) is 11.4 Å². The molecule has 2 atom stereocenters. The number of benzene rings is 4. The molecule has 0 saturated heterocycles. The Morgan fingerprint density at radius 1 is 0.672 bits per heavy atom. The molecule has 5 aromatic rings. The molecule has 12 nitrogen and oxygen atoms in total. The highest BCUT2D eigenvalue weighted by Crippen LogP contribution is 2.37. The zero-order chi connectivity index (χ0) is 40.6. The van der Waals surface area contributed by atoms with Crippen LogP contribution in [0.5, 0.6) is 28.7 Å². The molecule has 2 unspecified atom stereocenters. The van der Waals surface area contributed by atoms with Crippen LogP contribution < -0.4 is 23.7 Å². The number of methoxy groups -OCH3 is 3. The Morgan fingerprint density at radius 3 is 1.93 bits per heavy atom. The molecule has 3 heterocycles. The van der Waals surface area contributed by atoms with Crippen LogP contribution in [0.3, 0.4) is 0 Å². The molecular weight excluding hydrogens is 735 g/mol. The SMILES string of the molecule is COc1cc(C)c(/N=C\C2Cc3ccccc3CN2C=O)cc1OCc1ccc(OC)c(COc2cc(/N=C\C3Cc4ccccc4CN3C)c(C=O)cc2OC)n1. The van der Waals surface area contributed by atoms with E-state index in [-0.39, 0.29) is 25.3 Å². The van der Waals surface area contributed by atoms with Gasteiger partial charge >= 0.3 is 0 Å². The maximum atomic E-state index is 12.1. The normalized spacial score (nSPS) is 16.5. The fraction of sp³-hybridized carbons (Fsp3) is 0.283. The fourth-order valence-corrected chi connectivity index (χ4v) is 7.31. The highest BCUT2D eigenvalue weighted by molar-refractivity contribution is 5.87. The van der Waals surface area contributed by atoms with Gasteiger partial charge in [0.2, 0.25) is 6.41 Å². The van der Waals surface area contributed by atoms with Crippen molar-refractivity contribution in [2.24, 2.45) is 9.98 Å². The number of fused-ring (bicyclic) bond motifs is 2. The highest BCUT2D eigenvalue weighted by atomic mass is 16.5. The van der Waals surface area contributed by atoms with Crippen molar-refractivity contribution in [3.63, 3.8) is 0 Å². The molecule has 0 radical (unpaired) electrons. The molecule has 2 aliphatic heterocycles. The predicted molar refractivity (Wildman–Crippen MR) is 223 cm³/mol. The van der Waals surface area contributed by atoms with Gasteiger partial charge in [0, 0.05) is 49.3 Å². The van der Waals surface area contributed by atoms with Crippen LogP contribution in [0.1, 0.15) is 49.6 Å². The lowest BCUT2D eigenvalue weighted by atomic mass is 9.95. The number of aldehydes is 1. The number of amides is 1. The molecule has 0 fully saturated rings. The fourth-order valence-electron chi connectivity index (χ4n) is 7.31. The molecule has 2 aliphatic rings. The van der Waals surface area contributed by atoms with Crippen molar-refractivity contribution < 1.29 is 33.3 Å². The molecule has 4 aromatic carbocycles. The monoisotopic (exact) mass is 781 g/mol. The van der Waals surface area contributed by atoms with E-state index < -0.39 is 0 Å². The van der Waals surface area contributed by atoms with Crippen LogP contribution in [0.15, 0.2) is 94.9 Å². The summed E-state index contributed by atoms with van der Waals surface area (Å²) in [6.45, 7) is 3.47. The third-order valence-corrected chi connectivity index (χ3v) is 10.6. The Morgan fingerprint density at radius 2 is 1.26 bits per heavy atom. The first-order chi connectivity index (χ1) is 28.3. The minimum absolute atomic E-state index is 0.0370. The molecule has 0 bridgehead atoms. The molecule has 7 rings (SSSR count). The molecule has 58 heavy (non-hydrogen) atoms. The van der Waals surface area contributed by atoms with Gasteiger partial charge in [-0.25, -0.2) is 4.98 Å². The van der Waals surface area contributed by atoms with Crippen molar-refractivity contribution in [3.05, 3.63) is 130 Å². The quantitative estimate of drug-likeness (QED) is 0.0788. The smallest absolute Gasteiger partial charge is 0.210 e. The lowest BCUT2D eigenvalue weighted by molar-refractivity contribution is -0.119. The first-order valence-electron chi connectivity index (χ1n) is 19.1. The van der Waals surface area contributed by atoms with Crippen LogP contribution in [0.25, 0.3) is 0 Å². The molecule has 0 spiro atoms. The summed E-state index contributed by atoms with van der Waals surface area (Å²) in [5, 5.41) is 0. The van der Waals surface area contributed by atoms with Gasteiger partial charge in [-0.2, -0.15) is 0 Å². The van der Waals surface area contributed by atoms with Crippen LogP contribution in [-0.2, 0) is 43.9 Å². The number of carbonyl (C=O) groups is 2. The molecule has 0 N–H and O–H groups in total. The Balaban J connectivity index is 1.06. The van der Waals surface area contributed by atoms with Gasteiger partial charge in [0.05, 0.1) is 44.4 Å². The average Bonchev–Trinajstić information content (AvgIpc) is 3.25. The second-order valence-corrected chi connectivity index (χ2v) is 14.3. The molecular formula is C46H47N5O7. The Labute approximate surface area is 338 Å². The van der Waals surface area contributed by atoms with E-state index in [9.17, 15) is 9.59 Å². The third kappa shape index (κ3) is 8.87. The Hall–Kier alpha value is -6.53. The van der Waals surface area contributed by atoms with E-state index in [1.165, 1.54) is 23.8 Å². The summed E-state index contributed by atoms with van der Waals surface area (Å²) in [6.07, 6.45) is 6.87. The number of carbonyl (C=O) groups excluding carboxylic acids is 2. The average molecular weight is 782 g/mol. The molecule has 0 aliphatic carbocycles. The van der Waals surface area contributed by atoms with E-state index in [0.717, 1.165) is 36.8 Å². The van der Waals surface area contributed by atoms with Crippen molar-refractivity contribution in [1.29, 1.82) is 0 Å². The van der Waals surface area contributed by atoms with Crippen LogP contribution >= 0.6 is 0 Å². The van der Waals surface area contributed by atoms with Gasteiger partial charge in [0.1, 0.15) is 24.7 Å². The number of hydrogen-bond donors (Lipinski definition) is 0. The number of nitrogens with zero attached hydrogens (tertiary/aromatic N) is 5. The van der Waals surface area contributed by atoms with Crippen LogP contribution in [0, 0.1) is 6.92 Å². The zero-order valence-corrected chi connectivity index (χ0v) is 33.4. The van der Waals surface area contributed by atoms with Crippen molar-refractivity contribution in [2.45, 2.75) is 58.2 Å². The van der Waals surface area contributed by atoms with E-state index >= 15 is 0 Å². The lowest BCUT2D eigenvalue weighted by Crippen LogP contribution is -2.40. The molecule has 12 heteroatoms. The predicted octanol–water partition coefficient (Wildman–Crippen LogP) is 7.43. The minimum Gasteiger partial charge on any atom is -0.495 e. The maximum Gasteiger partial charge on any atom is 0.210 e. The molecule has 298 valence electrons. The maximum absolute atomic E-state index is 12.1. The number of rotatable bonds is 15. The summed E-state index contributed by atoms with van der Waals surface area (Å²) in [7, 11) is 6.76. The summed E-state index contributed by atoms with van der Waals surface area (Å²) >= 11 is 0. The second-order valence-electron chi connectivity index (χ2n) is 14.3.